The van der Waals surface area contributed by atoms with Crippen molar-refractivity contribution in [3.8, 4) is 5.75 Å². The second kappa shape index (κ2) is 5.44. The van der Waals surface area contributed by atoms with Crippen molar-refractivity contribution < 1.29 is 9.53 Å². The van der Waals surface area contributed by atoms with Crippen molar-refractivity contribution in [3.05, 3.63) is 47.8 Å². The zero-order chi connectivity index (χ0) is 14.8. The maximum atomic E-state index is 12.2. The Morgan fingerprint density at radius 1 is 1.33 bits per heavy atom. The van der Waals surface area contributed by atoms with Gasteiger partial charge in [-0.1, -0.05) is 12.1 Å². The number of pyridine rings is 1. The number of rotatable bonds is 3. The van der Waals surface area contributed by atoms with E-state index in [1.807, 2.05) is 43.3 Å². The molecule has 2 heterocycles. The summed E-state index contributed by atoms with van der Waals surface area (Å²) in [5.74, 6) is 0.796. The lowest BCUT2D eigenvalue weighted by atomic mass is 10.1. The third kappa shape index (κ3) is 2.67. The molecule has 1 aliphatic heterocycles. The van der Waals surface area contributed by atoms with Crippen LogP contribution in [0.1, 0.15) is 11.4 Å². The quantitative estimate of drug-likeness (QED) is 0.939. The van der Waals surface area contributed by atoms with Gasteiger partial charge in [-0.2, -0.15) is 0 Å². The Balaban J connectivity index is 1.94. The average molecular weight is 283 g/mol. The molecule has 0 radical (unpaired) electrons. The van der Waals surface area contributed by atoms with Gasteiger partial charge in [-0.3, -0.25) is 9.78 Å². The Kier molecular flexibility index (Phi) is 3.48. The zero-order valence-electron chi connectivity index (χ0n) is 12.1. The van der Waals surface area contributed by atoms with Crippen LogP contribution in [0.2, 0.25) is 0 Å². The van der Waals surface area contributed by atoms with Gasteiger partial charge in [0, 0.05) is 17.8 Å². The van der Waals surface area contributed by atoms with Crippen molar-refractivity contribution in [1.29, 1.82) is 0 Å². The fourth-order valence-corrected chi connectivity index (χ4v) is 2.50. The molecule has 0 aliphatic carbocycles. The average Bonchev–Trinajstić information content (AvgIpc) is 2.49. The zero-order valence-corrected chi connectivity index (χ0v) is 12.1. The highest BCUT2D eigenvalue weighted by molar-refractivity contribution is 6.02. The molecule has 1 amide bonds. The van der Waals surface area contributed by atoms with E-state index in [2.05, 4.69) is 10.3 Å². The maximum Gasteiger partial charge on any atom is 0.246 e. The van der Waals surface area contributed by atoms with Crippen LogP contribution in [0.25, 0.3) is 0 Å². The topological polar surface area (TPSA) is 54.5 Å². The van der Waals surface area contributed by atoms with E-state index in [-0.39, 0.29) is 5.91 Å². The van der Waals surface area contributed by atoms with Crippen LogP contribution in [0.4, 0.5) is 11.4 Å². The molecule has 0 fully saturated rings. The van der Waals surface area contributed by atoms with Crippen molar-refractivity contribution in [3.63, 3.8) is 0 Å². The predicted octanol–water partition coefficient (Wildman–Crippen LogP) is 2.36. The number of carbonyl (C=O) groups excluding carboxylic acids is 1. The summed E-state index contributed by atoms with van der Waals surface area (Å²) < 4.78 is 5.27. The van der Waals surface area contributed by atoms with Gasteiger partial charge in [0.1, 0.15) is 5.75 Å². The van der Waals surface area contributed by atoms with E-state index in [1.165, 1.54) is 0 Å². The molecule has 1 aromatic heterocycles. The van der Waals surface area contributed by atoms with E-state index in [0.29, 0.717) is 13.1 Å². The van der Waals surface area contributed by atoms with Gasteiger partial charge < -0.3 is 15.0 Å². The maximum absolute atomic E-state index is 12.2. The van der Waals surface area contributed by atoms with Crippen molar-refractivity contribution in [2.45, 2.75) is 13.5 Å². The molecule has 0 saturated carbocycles. The smallest absolute Gasteiger partial charge is 0.246 e. The first kappa shape index (κ1) is 13.4. The summed E-state index contributed by atoms with van der Waals surface area (Å²) >= 11 is 0. The molecule has 108 valence electrons. The van der Waals surface area contributed by atoms with Gasteiger partial charge in [-0.15, -0.1) is 0 Å². The fraction of sp³-hybridized carbons (Fsp3) is 0.250. The van der Waals surface area contributed by atoms with E-state index < -0.39 is 0 Å². The minimum Gasteiger partial charge on any atom is -0.497 e. The number of hydrogen-bond donors (Lipinski definition) is 1. The number of anilines is 2. The number of methoxy groups -OCH3 is 1. The summed E-state index contributed by atoms with van der Waals surface area (Å²) in [5, 5.41) is 3.13. The Morgan fingerprint density at radius 3 is 2.95 bits per heavy atom. The van der Waals surface area contributed by atoms with Gasteiger partial charge in [0.2, 0.25) is 5.91 Å². The number of nitrogens with one attached hydrogen (secondary N) is 1. The van der Waals surface area contributed by atoms with Gasteiger partial charge in [0.15, 0.2) is 0 Å². The van der Waals surface area contributed by atoms with Crippen LogP contribution < -0.4 is 15.0 Å². The van der Waals surface area contributed by atoms with Crippen molar-refractivity contribution in [2.75, 3.05) is 23.9 Å². The first-order valence-electron chi connectivity index (χ1n) is 6.82. The van der Waals surface area contributed by atoms with Gasteiger partial charge in [0.05, 0.1) is 37.3 Å². The molecule has 5 nitrogen and oxygen atoms in total. The van der Waals surface area contributed by atoms with E-state index >= 15 is 0 Å². The number of ether oxygens (including phenoxy) is 1. The highest BCUT2D eigenvalue weighted by atomic mass is 16.5. The summed E-state index contributed by atoms with van der Waals surface area (Å²) in [6.07, 6.45) is 0. The monoisotopic (exact) mass is 283 g/mol. The van der Waals surface area contributed by atoms with Gasteiger partial charge in [-0.25, -0.2) is 0 Å². The summed E-state index contributed by atoms with van der Waals surface area (Å²) in [6.45, 7) is 2.66. The highest BCUT2D eigenvalue weighted by Gasteiger charge is 2.24. The van der Waals surface area contributed by atoms with E-state index in [9.17, 15) is 4.79 Å². The molecule has 1 aliphatic rings. The number of amides is 1. The minimum atomic E-state index is 0.0379. The molecule has 0 spiro atoms. The normalized spacial score (nSPS) is 13.6. The molecule has 21 heavy (non-hydrogen) atoms. The second-order valence-corrected chi connectivity index (χ2v) is 4.99. The van der Waals surface area contributed by atoms with Crippen LogP contribution in [0.5, 0.6) is 5.75 Å². The van der Waals surface area contributed by atoms with Crippen molar-refractivity contribution in [2.24, 2.45) is 0 Å². The van der Waals surface area contributed by atoms with Crippen LogP contribution in [0, 0.1) is 6.92 Å². The number of nitrogens with zero attached hydrogens (tertiary/aromatic N) is 2. The van der Waals surface area contributed by atoms with Crippen LogP contribution in [0.3, 0.4) is 0 Å². The third-order valence-corrected chi connectivity index (χ3v) is 3.46. The first-order chi connectivity index (χ1) is 10.2. The molecule has 1 aromatic carbocycles. The molecule has 0 unspecified atom stereocenters. The van der Waals surface area contributed by atoms with E-state index in [0.717, 1.165) is 28.5 Å². The lowest BCUT2D eigenvalue weighted by Crippen LogP contribution is -2.39. The van der Waals surface area contributed by atoms with Gasteiger partial charge in [-0.05, 0) is 19.1 Å². The number of fused-ring (bicyclic) bond motifs is 1. The number of para-hydroxylation sites is 2. The van der Waals surface area contributed by atoms with Gasteiger partial charge in [0.25, 0.3) is 0 Å². The summed E-state index contributed by atoms with van der Waals surface area (Å²) in [4.78, 5) is 18.5. The Labute approximate surface area is 123 Å². The molecule has 0 saturated heterocycles. The van der Waals surface area contributed by atoms with E-state index in [4.69, 9.17) is 4.74 Å². The van der Waals surface area contributed by atoms with Crippen LogP contribution in [-0.2, 0) is 11.3 Å². The largest absolute Gasteiger partial charge is 0.497 e. The predicted molar refractivity (Wildman–Crippen MR) is 81.6 cm³/mol. The summed E-state index contributed by atoms with van der Waals surface area (Å²) in [5.41, 5.74) is 3.55. The Morgan fingerprint density at radius 2 is 2.14 bits per heavy atom. The summed E-state index contributed by atoms with van der Waals surface area (Å²) in [6, 6.07) is 11.5. The molecular weight excluding hydrogens is 266 g/mol. The van der Waals surface area contributed by atoms with E-state index in [1.54, 1.807) is 12.0 Å². The molecule has 0 atom stereocenters. The van der Waals surface area contributed by atoms with Crippen LogP contribution in [0.15, 0.2) is 36.4 Å². The Bertz CT molecular complexity index is 685. The highest BCUT2D eigenvalue weighted by Crippen LogP contribution is 2.30. The fourth-order valence-electron chi connectivity index (χ4n) is 2.50. The number of aryl methyl sites for hydroxylation is 1. The molecule has 1 N–H and O–H groups in total. The summed E-state index contributed by atoms with van der Waals surface area (Å²) in [7, 11) is 1.63. The number of benzene rings is 1. The van der Waals surface area contributed by atoms with Crippen molar-refractivity contribution in [1.82, 2.24) is 4.98 Å². The number of carbonyl (C=O) groups is 1. The molecule has 2 aromatic rings. The molecular formula is C16H17N3O2. The second-order valence-electron chi connectivity index (χ2n) is 4.99. The Hall–Kier alpha value is -2.56. The molecule has 3 rings (SSSR count). The van der Waals surface area contributed by atoms with Gasteiger partial charge >= 0.3 is 0 Å². The standard InChI is InChI=1S/C16H17N3O2/c1-11-7-13(21-2)8-12(18-11)10-19-15-6-4-3-5-14(15)17-9-16(19)20/h3-8,17H,9-10H2,1-2H3. The lowest BCUT2D eigenvalue weighted by molar-refractivity contribution is -0.117. The number of hydrogen-bond acceptors (Lipinski definition) is 4. The first-order valence-corrected chi connectivity index (χ1v) is 6.82. The minimum absolute atomic E-state index is 0.0379. The lowest BCUT2D eigenvalue weighted by Gasteiger charge is -2.30. The SMILES string of the molecule is COc1cc(C)nc(CN2C(=O)CNc3ccccc32)c1. The van der Waals surface area contributed by atoms with Crippen LogP contribution >= 0.6 is 0 Å². The van der Waals surface area contributed by atoms with Crippen molar-refractivity contribution >= 4 is 17.3 Å². The number of aromatic nitrogens is 1. The molecule has 0 bridgehead atoms. The third-order valence-electron chi connectivity index (χ3n) is 3.46. The molecule has 5 heteroatoms. The van der Waals surface area contributed by atoms with Crippen LogP contribution in [-0.4, -0.2) is 24.5 Å².